The minimum atomic E-state index is 0. The summed E-state index contributed by atoms with van der Waals surface area (Å²) in [5.41, 5.74) is 2.23. The Labute approximate surface area is 218 Å². The average molecular weight is 520 g/mol. The van der Waals surface area contributed by atoms with E-state index in [1.165, 1.54) is 57.3 Å². The Morgan fingerprint density at radius 1 is 0.848 bits per heavy atom. The Balaban J connectivity index is 0.00000512. The molecule has 2 aromatic rings. The zero-order chi connectivity index (χ0) is 22.3. The van der Waals surface area contributed by atoms with Gasteiger partial charge in [0.15, 0.2) is 11.5 Å². The number of nitrogens with one attached hydrogen (secondary N) is 1. The standard InChI is InChI=1S/C26H39ClN2O2.2ClH/c1-4-6-15-29(16-7-5-2)17-9-14-28-20-22-12-13-25(26(19-22)30-3)31-21-23-10-8-11-24(27)18-23;;/h8,10-13,18-19,28H,4-7,9,14-17,20-21H2,1-3H3;2*1H. The lowest BCUT2D eigenvalue weighted by atomic mass is 10.2. The molecule has 188 valence electrons. The fraction of sp³-hybridized carbons (Fsp3) is 0.538. The first-order valence-corrected chi connectivity index (χ1v) is 12.0. The Hall–Kier alpha value is -1.17. The van der Waals surface area contributed by atoms with Crippen LogP contribution in [0.5, 0.6) is 11.5 Å². The first-order valence-electron chi connectivity index (χ1n) is 11.6. The molecule has 0 fully saturated rings. The summed E-state index contributed by atoms with van der Waals surface area (Å²) in [6.45, 7) is 10.5. The number of methoxy groups -OCH3 is 1. The van der Waals surface area contributed by atoms with Crippen LogP contribution in [0.2, 0.25) is 5.02 Å². The predicted octanol–water partition coefficient (Wildman–Crippen LogP) is 7.15. The van der Waals surface area contributed by atoms with E-state index in [-0.39, 0.29) is 24.8 Å². The van der Waals surface area contributed by atoms with Crippen molar-refractivity contribution < 1.29 is 9.47 Å². The van der Waals surface area contributed by atoms with Crippen LogP contribution in [0.25, 0.3) is 0 Å². The monoisotopic (exact) mass is 518 g/mol. The molecule has 0 unspecified atom stereocenters. The Kier molecular flexibility index (Phi) is 18.5. The molecule has 2 aromatic carbocycles. The number of rotatable bonds is 16. The lowest BCUT2D eigenvalue weighted by Gasteiger charge is -2.22. The third kappa shape index (κ3) is 12.8. The van der Waals surface area contributed by atoms with Gasteiger partial charge in [-0.15, -0.1) is 24.8 Å². The van der Waals surface area contributed by atoms with Crippen LogP contribution in [0.4, 0.5) is 0 Å². The summed E-state index contributed by atoms with van der Waals surface area (Å²) in [5, 5.41) is 4.28. The van der Waals surface area contributed by atoms with Crippen molar-refractivity contribution in [1.82, 2.24) is 10.2 Å². The first-order chi connectivity index (χ1) is 15.2. The van der Waals surface area contributed by atoms with Gasteiger partial charge in [-0.05, 0) is 80.8 Å². The number of hydrogen-bond donors (Lipinski definition) is 1. The second-order valence-corrected chi connectivity index (χ2v) is 8.42. The van der Waals surface area contributed by atoms with Crippen molar-refractivity contribution in [3.05, 3.63) is 58.6 Å². The van der Waals surface area contributed by atoms with Gasteiger partial charge in [0.2, 0.25) is 0 Å². The Bertz CT molecular complexity index is 754. The van der Waals surface area contributed by atoms with E-state index in [9.17, 15) is 0 Å². The van der Waals surface area contributed by atoms with Crippen molar-refractivity contribution in [2.75, 3.05) is 33.3 Å². The van der Waals surface area contributed by atoms with Crippen LogP contribution in [0.15, 0.2) is 42.5 Å². The molecule has 0 heterocycles. The van der Waals surface area contributed by atoms with Crippen LogP contribution >= 0.6 is 36.4 Å². The number of benzene rings is 2. The number of ether oxygens (including phenoxy) is 2. The second-order valence-electron chi connectivity index (χ2n) is 7.98. The maximum Gasteiger partial charge on any atom is 0.161 e. The summed E-state index contributed by atoms with van der Waals surface area (Å²) in [6.07, 6.45) is 6.29. The SMILES string of the molecule is CCCCN(CCCC)CCCNCc1ccc(OCc2cccc(Cl)c2)c(OC)c1.Cl.Cl. The summed E-state index contributed by atoms with van der Waals surface area (Å²) in [5.74, 6) is 1.50. The van der Waals surface area contributed by atoms with Gasteiger partial charge in [0, 0.05) is 11.6 Å². The third-order valence-corrected chi connectivity index (χ3v) is 5.56. The van der Waals surface area contributed by atoms with Crippen LogP contribution in [0, 0.1) is 0 Å². The molecule has 0 saturated heterocycles. The fourth-order valence-corrected chi connectivity index (χ4v) is 3.70. The largest absolute Gasteiger partial charge is 0.493 e. The van der Waals surface area contributed by atoms with E-state index in [4.69, 9.17) is 21.1 Å². The molecule has 0 saturated carbocycles. The van der Waals surface area contributed by atoms with E-state index in [0.29, 0.717) is 11.6 Å². The summed E-state index contributed by atoms with van der Waals surface area (Å²) in [4.78, 5) is 2.61. The summed E-state index contributed by atoms with van der Waals surface area (Å²) < 4.78 is 11.5. The van der Waals surface area contributed by atoms with Gasteiger partial charge in [-0.3, -0.25) is 0 Å². The topological polar surface area (TPSA) is 33.7 Å². The van der Waals surface area contributed by atoms with Crippen LogP contribution in [0.1, 0.15) is 57.1 Å². The lowest BCUT2D eigenvalue weighted by Crippen LogP contribution is -2.29. The van der Waals surface area contributed by atoms with Crippen molar-refractivity contribution >= 4 is 36.4 Å². The average Bonchev–Trinajstić information content (AvgIpc) is 2.79. The molecular weight excluding hydrogens is 479 g/mol. The quantitative estimate of drug-likeness (QED) is 0.239. The highest BCUT2D eigenvalue weighted by Gasteiger charge is 2.07. The van der Waals surface area contributed by atoms with Gasteiger partial charge in [-0.2, -0.15) is 0 Å². The summed E-state index contributed by atoms with van der Waals surface area (Å²) >= 11 is 6.05. The Morgan fingerprint density at radius 3 is 2.18 bits per heavy atom. The molecule has 2 rings (SSSR count). The lowest BCUT2D eigenvalue weighted by molar-refractivity contribution is 0.261. The predicted molar refractivity (Wildman–Crippen MR) is 146 cm³/mol. The molecule has 7 heteroatoms. The van der Waals surface area contributed by atoms with Gasteiger partial charge in [-0.25, -0.2) is 0 Å². The molecule has 0 atom stereocenters. The van der Waals surface area contributed by atoms with Crippen LogP contribution < -0.4 is 14.8 Å². The molecule has 0 spiro atoms. The van der Waals surface area contributed by atoms with Crippen molar-refractivity contribution in [2.45, 2.75) is 59.1 Å². The first kappa shape index (κ1) is 31.8. The highest BCUT2D eigenvalue weighted by atomic mass is 35.5. The molecule has 0 aliphatic heterocycles. The zero-order valence-electron chi connectivity index (χ0n) is 20.3. The van der Waals surface area contributed by atoms with Gasteiger partial charge in [-0.1, -0.05) is 56.5 Å². The molecule has 4 nitrogen and oxygen atoms in total. The minimum absolute atomic E-state index is 0. The van der Waals surface area contributed by atoms with E-state index in [0.717, 1.165) is 30.2 Å². The molecule has 0 aliphatic carbocycles. The number of unbranched alkanes of at least 4 members (excludes halogenated alkanes) is 2. The number of nitrogens with zero attached hydrogens (tertiary/aromatic N) is 1. The van der Waals surface area contributed by atoms with Crippen LogP contribution in [-0.2, 0) is 13.2 Å². The maximum absolute atomic E-state index is 6.05. The third-order valence-electron chi connectivity index (χ3n) is 5.32. The van der Waals surface area contributed by atoms with Crippen molar-refractivity contribution in [1.29, 1.82) is 0 Å². The maximum atomic E-state index is 6.05. The zero-order valence-corrected chi connectivity index (χ0v) is 22.7. The molecule has 1 N–H and O–H groups in total. The normalized spacial score (nSPS) is 10.5. The van der Waals surface area contributed by atoms with Gasteiger partial charge in [0.05, 0.1) is 7.11 Å². The molecule has 33 heavy (non-hydrogen) atoms. The smallest absolute Gasteiger partial charge is 0.161 e. The molecular formula is C26H41Cl3N2O2. The van der Waals surface area contributed by atoms with Crippen LogP contribution in [-0.4, -0.2) is 38.2 Å². The van der Waals surface area contributed by atoms with E-state index in [1.54, 1.807) is 7.11 Å². The summed E-state index contributed by atoms with van der Waals surface area (Å²) in [6, 6.07) is 13.8. The number of halogens is 3. The van der Waals surface area contributed by atoms with E-state index < -0.39 is 0 Å². The summed E-state index contributed by atoms with van der Waals surface area (Å²) in [7, 11) is 1.68. The van der Waals surface area contributed by atoms with Crippen molar-refractivity contribution in [2.24, 2.45) is 0 Å². The van der Waals surface area contributed by atoms with E-state index >= 15 is 0 Å². The molecule has 0 aromatic heterocycles. The molecule has 0 radical (unpaired) electrons. The second kappa shape index (κ2) is 19.2. The molecule has 0 aliphatic rings. The number of hydrogen-bond acceptors (Lipinski definition) is 4. The van der Waals surface area contributed by atoms with Gasteiger partial charge in [0.25, 0.3) is 0 Å². The van der Waals surface area contributed by atoms with E-state index in [2.05, 4.69) is 36.2 Å². The van der Waals surface area contributed by atoms with Crippen molar-refractivity contribution in [3.63, 3.8) is 0 Å². The van der Waals surface area contributed by atoms with Crippen LogP contribution in [0.3, 0.4) is 0 Å². The molecule has 0 amide bonds. The van der Waals surface area contributed by atoms with Gasteiger partial charge < -0.3 is 19.7 Å². The van der Waals surface area contributed by atoms with E-state index in [1.807, 2.05) is 30.3 Å². The minimum Gasteiger partial charge on any atom is -0.493 e. The molecule has 0 bridgehead atoms. The van der Waals surface area contributed by atoms with Gasteiger partial charge >= 0.3 is 0 Å². The fourth-order valence-electron chi connectivity index (χ4n) is 3.49. The van der Waals surface area contributed by atoms with Gasteiger partial charge in [0.1, 0.15) is 6.61 Å². The highest BCUT2D eigenvalue weighted by Crippen LogP contribution is 2.29. The van der Waals surface area contributed by atoms with Crippen molar-refractivity contribution in [3.8, 4) is 11.5 Å². The highest BCUT2D eigenvalue weighted by molar-refractivity contribution is 6.30. The Morgan fingerprint density at radius 2 is 1.55 bits per heavy atom.